The summed E-state index contributed by atoms with van der Waals surface area (Å²) in [7, 11) is 1.31. The third-order valence-corrected chi connectivity index (χ3v) is 4.26. The number of hydrogen-bond donors (Lipinski definition) is 1. The molecule has 0 saturated carbocycles. The lowest BCUT2D eigenvalue weighted by atomic mass is 10.1. The smallest absolute Gasteiger partial charge is 0.337 e. The first kappa shape index (κ1) is 19.1. The number of hydrogen-bond acceptors (Lipinski definition) is 5. The van der Waals surface area contributed by atoms with Gasteiger partial charge in [0.25, 0.3) is 0 Å². The summed E-state index contributed by atoms with van der Waals surface area (Å²) in [5.74, 6) is -1.32. The van der Waals surface area contributed by atoms with Crippen LogP contribution in [0.5, 0.6) is 0 Å². The molecule has 0 atom stereocenters. The number of aromatic nitrogens is 1. The Balaban J connectivity index is 1.60. The molecule has 1 aromatic heterocycles. The second kappa shape index (κ2) is 8.35. The van der Waals surface area contributed by atoms with E-state index < -0.39 is 11.9 Å². The number of carbonyl (C=O) groups is 3. The van der Waals surface area contributed by atoms with E-state index in [1.54, 1.807) is 30.3 Å². The first-order chi connectivity index (χ1) is 13.5. The van der Waals surface area contributed by atoms with Crippen molar-refractivity contribution in [2.75, 3.05) is 13.7 Å². The molecule has 3 rings (SSSR count). The number of ether oxygens (including phenoxy) is 2. The van der Waals surface area contributed by atoms with Crippen LogP contribution in [-0.2, 0) is 14.3 Å². The summed E-state index contributed by atoms with van der Waals surface area (Å²) < 4.78 is 9.70. The van der Waals surface area contributed by atoms with Crippen molar-refractivity contribution in [3.63, 3.8) is 0 Å². The number of para-hydroxylation sites is 1. The van der Waals surface area contributed by atoms with Gasteiger partial charge in [-0.05, 0) is 36.8 Å². The third kappa shape index (κ3) is 4.17. The molecule has 0 fully saturated rings. The second-order valence-corrected chi connectivity index (χ2v) is 6.15. The number of nitrogens with one attached hydrogen (secondary N) is 1. The molecule has 0 unspecified atom stereocenters. The third-order valence-electron chi connectivity index (χ3n) is 4.26. The Kier molecular flexibility index (Phi) is 5.69. The van der Waals surface area contributed by atoms with Crippen LogP contribution in [0.25, 0.3) is 17.0 Å². The van der Waals surface area contributed by atoms with Gasteiger partial charge >= 0.3 is 11.9 Å². The largest absolute Gasteiger partial charge is 0.465 e. The Morgan fingerprint density at radius 2 is 1.75 bits per heavy atom. The van der Waals surface area contributed by atoms with Crippen molar-refractivity contribution in [2.24, 2.45) is 0 Å². The van der Waals surface area contributed by atoms with Gasteiger partial charge in [-0.3, -0.25) is 4.79 Å². The van der Waals surface area contributed by atoms with Crippen LogP contribution in [0.3, 0.4) is 0 Å². The van der Waals surface area contributed by atoms with Gasteiger partial charge in [0.15, 0.2) is 6.61 Å². The van der Waals surface area contributed by atoms with Gasteiger partial charge in [-0.25, -0.2) is 9.59 Å². The summed E-state index contributed by atoms with van der Waals surface area (Å²) in [6.45, 7) is 1.47. The summed E-state index contributed by atoms with van der Waals surface area (Å²) in [6, 6.07) is 14.0. The van der Waals surface area contributed by atoms with Crippen LogP contribution in [0.15, 0.2) is 54.6 Å². The zero-order valence-corrected chi connectivity index (χ0v) is 15.5. The highest BCUT2D eigenvalue weighted by molar-refractivity contribution is 6.10. The number of rotatable bonds is 6. The zero-order chi connectivity index (χ0) is 20.1. The molecule has 0 aliphatic heterocycles. The summed E-state index contributed by atoms with van der Waals surface area (Å²) in [6.07, 6.45) is 2.79. The number of H-pyrrole nitrogens is 1. The molecule has 1 heterocycles. The van der Waals surface area contributed by atoms with Gasteiger partial charge in [-0.1, -0.05) is 30.3 Å². The van der Waals surface area contributed by atoms with Gasteiger partial charge in [0.2, 0.25) is 5.78 Å². The van der Waals surface area contributed by atoms with Crippen LogP contribution in [0, 0.1) is 6.92 Å². The molecule has 0 amide bonds. The molecule has 0 aliphatic rings. The van der Waals surface area contributed by atoms with Gasteiger partial charge in [0, 0.05) is 28.2 Å². The van der Waals surface area contributed by atoms with Crippen molar-refractivity contribution in [1.82, 2.24) is 4.98 Å². The maximum atomic E-state index is 12.5. The van der Waals surface area contributed by atoms with Crippen LogP contribution in [0.4, 0.5) is 0 Å². The van der Waals surface area contributed by atoms with Crippen LogP contribution >= 0.6 is 0 Å². The number of ketones is 1. The molecule has 1 N–H and O–H groups in total. The number of fused-ring (bicyclic) bond motifs is 1. The number of aromatic amines is 1. The van der Waals surface area contributed by atoms with E-state index in [0.29, 0.717) is 16.7 Å². The van der Waals surface area contributed by atoms with Crippen molar-refractivity contribution < 1.29 is 23.9 Å². The van der Waals surface area contributed by atoms with E-state index >= 15 is 0 Å². The highest BCUT2D eigenvalue weighted by atomic mass is 16.5. The molecular weight excluding hydrogens is 358 g/mol. The van der Waals surface area contributed by atoms with Crippen molar-refractivity contribution in [3.05, 3.63) is 77.0 Å². The maximum absolute atomic E-state index is 12.5. The van der Waals surface area contributed by atoms with Crippen molar-refractivity contribution in [3.8, 4) is 0 Å². The average molecular weight is 377 g/mol. The minimum absolute atomic E-state index is 0.265. The molecule has 142 valence electrons. The van der Waals surface area contributed by atoms with Crippen LogP contribution in [0.1, 0.15) is 32.0 Å². The van der Waals surface area contributed by atoms with Gasteiger partial charge in [0.05, 0.1) is 12.7 Å². The molecule has 3 aromatic rings. The zero-order valence-electron chi connectivity index (χ0n) is 15.5. The maximum Gasteiger partial charge on any atom is 0.337 e. The monoisotopic (exact) mass is 377 g/mol. The summed E-state index contributed by atoms with van der Waals surface area (Å²) in [5, 5.41) is 0.808. The lowest BCUT2D eigenvalue weighted by Crippen LogP contribution is -2.13. The quantitative estimate of drug-likeness (QED) is 0.402. The molecule has 6 nitrogen and oxygen atoms in total. The fourth-order valence-electron chi connectivity index (χ4n) is 2.91. The van der Waals surface area contributed by atoms with Crippen molar-refractivity contribution in [1.29, 1.82) is 0 Å². The minimum Gasteiger partial charge on any atom is -0.465 e. The molecule has 0 spiro atoms. The van der Waals surface area contributed by atoms with E-state index in [0.717, 1.165) is 16.6 Å². The number of methoxy groups -OCH3 is 1. The van der Waals surface area contributed by atoms with Crippen LogP contribution < -0.4 is 0 Å². The Bertz CT molecular complexity index is 1060. The van der Waals surface area contributed by atoms with E-state index in [-0.39, 0.29) is 12.4 Å². The normalized spacial score (nSPS) is 10.9. The Hall–Kier alpha value is -3.67. The van der Waals surface area contributed by atoms with E-state index in [2.05, 4.69) is 9.72 Å². The second-order valence-electron chi connectivity index (χ2n) is 6.15. The predicted molar refractivity (Wildman–Crippen MR) is 105 cm³/mol. The fourth-order valence-corrected chi connectivity index (χ4v) is 2.91. The molecule has 0 aliphatic carbocycles. The van der Waals surface area contributed by atoms with Crippen LogP contribution in [-0.4, -0.2) is 36.4 Å². The predicted octanol–water partition coefficient (Wildman–Crippen LogP) is 3.70. The van der Waals surface area contributed by atoms with E-state index in [1.807, 2.05) is 31.2 Å². The summed E-state index contributed by atoms with van der Waals surface area (Å²) in [4.78, 5) is 38.9. The van der Waals surface area contributed by atoms with Gasteiger partial charge in [0.1, 0.15) is 0 Å². The van der Waals surface area contributed by atoms with Gasteiger partial charge in [-0.2, -0.15) is 0 Å². The summed E-state index contributed by atoms with van der Waals surface area (Å²) in [5.41, 5.74) is 3.27. The number of benzene rings is 2. The van der Waals surface area contributed by atoms with E-state index in [9.17, 15) is 14.4 Å². The number of Topliss-reactive ketones (excluding diaryl/α,β-unsaturated/α-hetero) is 1. The lowest BCUT2D eigenvalue weighted by molar-refractivity contribution is -0.136. The van der Waals surface area contributed by atoms with E-state index in [4.69, 9.17) is 4.74 Å². The molecule has 28 heavy (non-hydrogen) atoms. The van der Waals surface area contributed by atoms with Gasteiger partial charge in [-0.15, -0.1) is 0 Å². The summed E-state index contributed by atoms with van der Waals surface area (Å²) >= 11 is 0. The van der Waals surface area contributed by atoms with E-state index in [1.165, 1.54) is 13.2 Å². The molecular formula is C22H19NO5. The molecule has 0 saturated heterocycles. The number of aryl methyl sites for hydroxylation is 1. The lowest BCUT2D eigenvalue weighted by Gasteiger charge is -2.03. The highest BCUT2D eigenvalue weighted by Gasteiger charge is 2.16. The molecule has 6 heteroatoms. The SMILES string of the molecule is COC(=O)c1ccc(/C=C/C(=O)OCC(=O)c2c(C)[nH]c3ccccc23)cc1. The Morgan fingerprint density at radius 3 is 2.46 bits per heavy atom. The number of esters is 2. The standard InChI is InChI=1S/C22H19NO5/c1-14-21(17-5-3-4-6-18(17)23-14)19(24)13-28-20(25)12-9-15-7-10-16(11-8-15)22(26)27-2/h3-12,23H,13H2,1-2H3/b12-9+. The first-order valence-electron chi connectivity index (χ1n) is 8.63. The Morgan fingerprint density at radius 1 is 1.04 bits per heavy atom. The molecule has 0 radical (unpaired) electrons. The number of carbonyl (C=O) groups excluding carboxylic acids is 3. The molecule has 2 aromatic carbocycles. The van der Waals surface area contributed by atoms with Crippen LogP contribution in [0.2, 0.25) is 0 Å². The van der Waals surface area contributed by atoms with Crippen molar-refractivity contribution >= 4 is 34.7 Å². The van der Waals surface area contributed by atoms with Crippen molar-refractivity contribution in [2.45, 2.75) is 6.92 Å². The highest BCUT2D eigenvalue weighted by Crippen LogP contribution is 2.22. The minimum atomic E-state index is -0.622. The fraction of sp³-hybridized carbons (Fsp3) is 0.136. The molecule has 0 bridgehead atoms. The Labute approximate surface area is 161 Å². The average Bonchev–Trinajstić information content (AvgIpc) is 3.06. The topological polar surface area (TPSA) is 85.5 Å². The first-order valence-corrected chi connectivity index (χ1v) is 8.63. The van der Waals surface area contributed by atoms with Gasteiger partial charge < -0.3 is 14.5 Å².